The monoisotopic (exact) mass is 292 g/mol. The summed E-state index contributed by atoms with van der Waals surface area (Å²) < 4.78 is 5.19. The van der Waals surface area contributed by atoms with Crippen molar-refractivity contribution in [2.45, 2.75) is 26.3 Å². The van der Waals surface area contributed by atoms with Crippen LogP contribution in [0, 0.1) is 0 Å². The number of nitrogens with one attached hydrogen (secondary N) is 1. The number of carbonyl (C=O) groups excluding carboxylic acids is 2. The van der Waals surface area contributed by atoms with Gasteiger partial charge in [-0.2, -0.15) is 0 Å². The summed E-state index contributed by atoms with van der Waals surface area (Å²) in [4.78, 5) is 25.9. The van der Waals surface area contributed by atoms with Gasteiger partial charge in [-0.1, -0.05) is 37.3 Å². The minimum Gasteiger partial charge on any atom is -0.465 e. The average Bonchev–Trinajstić information content (AvgIpc) is 2.49. The number of nitrogens with zero attached hydrogens (tertiary/aromatic N) is 1. The van der Waals surface area contributed by atoms with Crippen LogP contribution in [-0.2, 0) is 14.3 Å². The molecule has 0 saturated carbocycles. The van der Waals surface area contributed by atoms with E-state index in [4.69, 9.17) is 4.74 Å². The fraction of sp³-hybridized carbons (Fsp3) is 0.500. The summed E-state index contributed by atoms with van der Waals surface area (Å²) in [5.74, 6) is -0.435. The highest BCUT2D eigenvalue weighted by Gasteiger charge is 2.29. The Hall–Kier alpha value is -1.88. The predicted octanol–water partition coefficient (Wildman–Crippen LogP) is 1.75. The van der Waals surface area contributed by atoms with Crippen LogP contribution in [-0.4, -0.2) is 43.5 Å². The van der Waals surface area contributed by atoms with Gasteiger partial charge < -0.3 is 10.1 Å². The fourth-order valence-corrected chi connectivity index (χ4v) is 2.20. The maximum atomic E-state index is 12.3. The number of ether oxygens (including phenoxy) is 1. The van der Waals surface area contributed by atoms with Gasteiger partial charge in [0.15, 0.2) is 0 Å². The normalized spacial score (nSPS) is 12.0. The van der Waals surface area contributed by atoms with Gasteiger partial charge in [-0.25, -0.2) is 4.79 Å². The Bertz CT molecular complexity index is 448. The third kappa shape index (κ3) is 5.19. The standard InChI is InChI=1S/C16H24N2O3/c1-4-11-18(12-14(19)17-3)15(16(20)21-5-2)13-9-7-6-8-10-13/h6-10,15H,4-5,11-12H2,1-3H3,(H,17,19). The summed E-state index contributed by atoms with van der Waals surface area (Å²) in [5.41, 5.74) is 0.841. The summed E-state index contributed by atoms with van der Waals surface area (Å²) in [6, 6.07) is 8.87. The van der Waals surface area contributed by atoms with Gasteiger partial charge in [0.05, 0.1) is 13.2 Å². The van der Waals surface area contributed by atoms with E-state index in [-0.39, 0.29) is 18.4 Å². The number of esters is 1. The van der Waals surface area contributed by atoms with E-state index in [0.717, 1.165) is 12.0 Å². The Morgan fingerprint density at radius 2 is 1.90 bits per heavy atom. The van der Waals surface area contributed by atoms with E-state index in [1.165, 1.54) is 0 Å². The third-order valence-corrected chi connectivity index (χ3v) is 3.13. The molecule has 5 nitrogen and oxygen atoms in total. The molecule has 0 bridgehead atoms. The molecule has 0 aliphatic carbocycles. The van der Waals surface area contributed by atoms with Crippen molar-refractivity contribution in [3.63, 3.8) is 0 Å². The van der Waals surface area contributed by atoms with Crippen molar-refractivity contribution in [3.8, 4) is 0 Å². The van der Waals surface area contributed by atoms with E-state index in [0.29, 0.717) is 13.2 Å². The first-order chi connectivity index (χ1) is 10.1. The highest BCUT2D eigenvalue weighted by molar-refractivity contribution is 5.81. The predicted molar refractivity (Wildman–Crippen MR) is 81.7 cm³/mol. The van der Waals surface area contributed by atoms with Crippen molar-refractivity contribution < 1.29 is 14.3 Å². The second kappa shape index (κ2) is 9.13. The Morgan fingerprint density at radius 1 is 1.24 bits per heavy atom. The number of carbonyl (C=O) groups is 2. The highest BCUT2D eigenvalue weighted by Crippen LogP contribution is 2.22. The van der Waals surface area contributed by atoms with Crippen molar-refractivity contribution in [2.75, 3.05) is 26.7 Å². The van der Waals surface area contributed by atoms with E-state index < -0.39 is 6.04 Å². The van der Waals surface area contributed by atoms with E-state index in [2.05, 4.69) is 5.32 Å². The molecular formula is C16H24N2O3. The van der Waals surface area contributed by atoms with Gasteiger partial charge in [0.1, 0.15) is 6.04 Å². The molecule has 1 aromatic rings. The number of likely N-dealkylation sites (N-methyl/N-ethyl adjacent to an activating group) is 1. The van der Waals surface area contributed by atoms with Crippen LogP contribution in [0.4, 0.5) is 0 Å². The lowest BCUT2D eigenvalue weighted by Crippen LogP contribution is -2.42. The van der Waals surface area contributed by atoms with Crippen molar-refractivity contribution >= 4 is 11.9 Å². The minimum absolute atomic E-state index is 0.117. The van der Waals surface area contributed by atoms with Gasteiger partial charge in [0.2, 0.25) is 5.91 Å². The Kier molecular flexibility index (Phi) is 7.46. The van der Waals surface area contributed by atoms with Crippen LogP contribution in [0.3, 0.4) is 0 Å². The lowest BCUT2D eigenvalue weighted by molar-refractivity contribution is -0.150. The van der Waals surface area contributed by atoms with Crippen molar-refractivity contribution in [2.24, 2.45) is 0 Å². The Morgan fingerprint density at radius 3 is 2.43 bits per heavy atom. The van der Waals surface area contributed by atoms with Crippen molar-refractivity contribution in [1.29, 1.82) is 0 Å². The SMILES string of the molecule is CCCN(CC(=O)NC)C(C(=O)OCC)c1ccccc1. The van der Waals surface area contributed by atoms with E-state index in [9.17, 15) is 9.59 Å². The smallest absolute Gasteiger partial charge is 0.328 e. The average molecular weight is 292 g/mol. The summed E-state index contributed by atoms with van der Waals surface area (Å²) in [5, 5.41) is 2.60. The van der Waals surface area contributed by atoms with E-state index in [1.54, 1.807) is 14.0 Å². The van der Waals surface area contributed by atoms with Crippen LogP contribution in [0.15, 0.2) is 30.3 Å². The molecule has 1 aromatic carbocycles. The van der Waals surface area contributed by atoms with Crippen molar-refractivity contribution in [3.05, 3.63) is 35.9 Å². The lowest BCUT2D eigenvalue weighted by atomic mass is 10.0. The number of benzene rings is 1. The summed E-state index contributed by atoms with van der Waals surface area (Å²) >= 11 is 0. The molecule has 1 rings (SSSR count). The lowest BCUT2D eigenvalue weighted by Gasteiger charge is -2.29. The fourth-order valence-electron chi connectivity index (χ4n) is 2.20. The van der Waals surface area contributed by atoms with Gasteiger partial charge in [0.25, 0.3) is 0 Å². The molecular weight excluding hydrogens is 268 g/mol. The molecule has 0 aromatic heterocycles. The molecule has 21 heavy (non-hydrogen) atoms. The van der Waals surface area contributed by atoms with Crippen molar-refractivity contribution in [1.82, 2.24) is 10.2 Å². The third-order valence-electron chi connectivity index (χ3n) is 3.13. The van der Waals surface area contributed by atoms with Gasteiger partial charge in [0, 0.05) is 7.05 Å². The van der Waals surface area contributed by atoms with Gasteiger partial charge in [-0.15, -0.1) is 0 Å². The van der Waals surface area contributed by atoms with Gasteiger partial charge >= 0.3 is 5.97 Å². The number of amides is 1. The molecule has 1 unspecified atom stereocenters. The zero-order valence-electron chi connectivity index (χ0n) is 13.0. The maximum absolute atomic E-state index is 12.3. The molecule has 1 atom stereocenters. The number of hydrogen-bond acceptors (Lipinski definition) is 4. The highest BCUT2D eigenvalue weighted by atomic mass is 16.5. The number of rotatable bonds is 8. The van der Waals surface area contributed by atoms with Crippen LogP contribution in [0.1, 0.15) is 31.9 Å². The molecule has 0 spiro atoms. The topological polar surface area (TPSA) is 58.6 Å². The molecule has 0 aliphatic heterocycles. The van der Waals surface area contributed by atoms with E-state index in [1.807, 2.05) is 42.2 Å². The van der Waals surface area contributed by atoms with Crippen LogP contribution in [0.25, 0.3) is 0 Å². The first-order valence-corrected chi connectivity index (χ1v) is 7.30. The molecule has 1 N–H and O–H groups in total. The number of hydrogen-bond donors (Lipinski definition) is 1. The molecule has 0 heterocycles. The van der Waals surface area contributed by atoms with Gasteiger partial charge in [-0.05, 0) is 25.5 Å². The zero-order valence-corrected chi connectivity index (χ0v) is 13.0. The quantitative estimate of drug-likeness (QED) is 0.742. The second-order valence-corrected chi connectivity index (χ2v) is 4.71. The summed E-state index contributed by atoms with van der Waals surface area (Å²) in [6.45, 7) is 4.93. The van der Waals surface area contributed by atoms with Gasteiger partial charge in [-0.3, -0.25) is 9.69 Å². The molecule has 116 valence electrons. The Balaban J connectivity index is 3.06. The second-order valence-electron chi connectivity index (χ2n) is 4.71. The molecule has 5 heteroatoms. The zero-order chi connectivity index (χ0) is 15.7. The molecule has 0 fully saturated rings. The Labute approximate surface area is 126 Å². The van der Waals surface area contributed by atoms with Crippen LogP contribution in [0.5, 0.6) is 0 Å². The molecule has 1 amide bonds. The first kappa shape index (κ1) is 17.2. The van der Waals surface area contributed by atoms with E-state index >= 15 is 0 Å². The minimum atomic E-state index is -0.552. The largest absolute Gasteiger partial charge is 0.465 e. The van der Waals surface area contributed by atoms with Crippen LogP contribution in [0.2, 0.25) is 0 Å². The summed E-state index contributed by atoms with van der Waals surface area (Å²) in [7, 11) is 1.59. The first-order valence-electron chi connectivity index (χ1n) is 7.30. The van der Waals surface area contributed by atoms with Crippen LogP contribution < -0.4 is 5.32 Å². The molecule has 0 aliphatic rings. The molecule has 0 saturated heterocycles. The molecule has 0 radical (unpaired) electrons. The maximum Gasteiger partial charge on any atom is 0.328 e. The summed E-state index contributed by atoms with van der Waals surface area (Å²) in [6.07, 6.45) is 0.847. The van der Waals surface area contributed by atoms with Crippen LogP contribution >= 0.6 is 0 Å².